The molecule has 2 aromatic carbocycles. The molecule has 2 heterocycles. The number of para-hydroxylation sites is 1. The smallest absolute Gasteiger partial charge is 0.257 e. The Labute approximate surface area is 155 Å². The van der Waals surface area contributed by atoms with Gasteiger partial charge in [-0.2, -0.15) is 0 Å². The highest BCUT2D eigenvalue weighted by Crippen LogP contribution is 2.36. The zero-order valence-corrected chi connectivity index (χ0v) is 14.6. The Bertz CT molecular complexity index is 866. The zero-order valence-electron chi connectivity index (χ0n) is 14.6. The first kappa shape index (κ1) is 17.9. The highest BCUT2D eigenvalue weighted by atomic mass is 19.2. The molecule has 0 aromatic heterocycles. The van der Waals surface area contributed by atoms with E-state index >= 15 is 0 Å². The molecular formula is C20H19F3N2O2. The van der Waals surface area contributed by atoms with E-state index in [2.05, 4.69) is 4.90 Å². The number of hydrogen-bond acceptors (Lipinski definition) is 3. The fraction of sp³-hybridized carbons (Fsp3) is 0.350. The molecule has 0 spiro atoms. The standard InChI is InChI=1S/C20H19F3N2O2/c21-15-6-5-14(18(22)19(15)23)20(26)25-10-8-24(9-11-25)16-7-12-27-17-4-2-1-3-13(16)17/h1-6,16H,7-12H2. The van der Waals surface area contributed by atoms with Gasteiger partial charge in [-0.25, -0.2) is 13.2 Å². The van der Waals surface area contributed by atoms with E-state index in [0.717, 1.165) is 29.9 Å². The van der Waals surface area contributed by atoms with Crippen molar-refractivity contribution in [1.29, 1.82) is 0 Å². The number of carbonyl (C=O) groups is 1. The fourth-order valence-electron chi connectivity index (χ4n) is 3.80. The molecular weight excluding hydrogens is 357 g/mol. The second-order valence-corrected chi connectivity index (χ2v) is 6.74. The van der Waals surface area contributed by atoms with Gasteiger partial charge in [-0.3, -0.25) is 9.69 Å². The Hall–Kier alpha value is -2.54. The normalized spacial score (nSPS) is 20.1. The van der Waals surface area contributed by atoms with Crippen molar-refractivity contribution in [3.05, 3.63) is 65.0 Å². The summed E-state index contributed by atoms with van der Waals surface area (Å²) in [6.07, 6.45) is 0.864. The summed E-state index contributed by atoms with van der Waals surface area (Å²) < 4.78 is 46.1. The van der Waals surface area contributed by atoms with E-state index in [9.17, 15) is 18.0 Å². The van der Waals surface area contributed by atoms with Crippen molar-refractivity contribution in [1.82, 2.24) is 9.80 Å². The van der Waals surface area contributed by atoms with Gasteiger partial charge in [0.1, 0.15) is 5.75 Å². The number of amides is 1. The number of benzene rings is 2. The van der Waals surface area contributed by atoms with Crippen molar-refractivity contribution < 1.29 is 22.7 Å². The highest BCUT2D eigenvalue weighted by Gasteiger charge is 2.32. The average molecular weight is 376 g/mol. The summed E-state index contributed by atoms with van der Waals surface area (Å²) in [5.41, 5.74) is 0.703. The maximum Gasteiger partial charge on any atom is 0.257 e. The summed E-state index contributed by atoms with van der Waals surface area (Å²) >= 11 is 0. The molecule has 4 rings (SSSR count). The minimum Gasteiger partial charge on any atom is -0.493 e. The minimum atomic E-state index is -1.61. The van der Waals surface area contributed by atoms with E-state index < -0.39 is 28.9 Å². The predicted molar refractivity (Wildman–Crippen MR) is 93.1 cm³/mol. The molecule has 1 saturated heterocycles. The molecule has 1 amide bonds. The van der Waals surface area contributed by atoms with Crippen LogP contribution in [0.5, 0.6) is 5.75 Å². The maximum atomic E-state index is 13.9. The predicted octanol–water partition coefficient (Wildman–Crippen LogP) is 3.39. The minimum absolute atomic E-state index is 0.215. The first-order chi connectivity index (χ1) is 13.1. The van der Waals surface area contributed by atoms with Crippen LogP contribution in [0.1, 0.15) is 28.4 Å². The van der Waals surface area contributed by atoms with Gasteiger partial charge in [0.25, 0.3) is 5.91 Å². The summed E-state index contributed by atoms with van der Waals surface area (Å²) in [6, 6.07) is 9.91. The van der Waals surface area contributed by atoms with Gasteiger partial charge in [0.15, 0.2) is 17.5 Å². The largest absolute Gasteiger partial charge is 0.493 e. The van der Waals surface area contributed by atoms with Gasteiger partial charge >= 0.3 is 0 Å². The van der Waals surface area contributed by atoms with Crippen LogP contribution in [-0.4, -0.2) is 48.5 Å². The number of ether oxygens (including phenoxy) is 1. The summed E-state index contributed by atoms with van der Waals surface area (Å²) in [5, 5.41) is 0. The molecule has 27 heavy (non-hydrogen) atoms. The van der Waals surface area contributed by atoms with Crippen molar-refractivity contribution in [2.75, 3.05) is 32.8 Å². The van der Waals surface area contributed by atoms with Gasteiger partial charge < -0.3 is 9.64 Å². The number of hydrogen-bond donors (Lipinski definition) is 0. The number of rotatable bonds is 2. The van der Waals surface area contributed by atoms with Crippen molar-refractivity contribution in [3.8, 4) is 5.75 Å². The molecule has 0 bridgehead atoms. The van der Waals surface area contributed by atoms with Crippen LogP contribution in [0.4, 0.5) is 13.2 Å². The van der Waals surface area contributed by atoms with Crippen LogP contribution in [0.15, 0.2) is 36.4 Å². The Morgan fingerprint density at radius 2 is 1.70 bits per heavy atom. The molecule has 1 fully saturated rings. The quantitative estimate of drug-likeness (QED) is 0.754. The number of piperazine rings is 1. The van der Waals surface area contributed by atoms with E-state index in [0.29, 0.717) is 32.8 Å². The van der Waals surface area contributed by atoms with E-state index in [1.54, 1.807) is 0 Å². The van der Waals surface area contributed by atoms with E-state index in [4.69, 9.17) is 4.74 Å². The Kier molecular flexibility index (Phi) is 4.78. The molecule has 4 nitrogen and oxygen atoms in total. The summed E-state index contributed by atoms with van der Waals surface area (Å²) in [5.74, 6) is -4.07. The highest BCUT2D eigenvalue weighted by molar-refractivity contribution is 5.94. The number of carbonyl (C=O) groups excluding carboxylic acids is 1. The van der Waals surface area contributed by atoms with Crippen molar-refractivity contribution in [3.63, 3.8) is 0 Å². The topological polar surface area (TPSA) is 32.8 Å². The van der Waals surface area contributed by atoms with Crippen LogP contribution < -0.4 is 4.74 Å². The molecule has 1 atom stereocenters. The fourth-order valence-corrected chi connectivity index (χ4v) is 3.80. The second-order valence-electron chi connectivity index (χ2n) is 6.74. The van der Waals surface area contributed by atoms with Gasteiger partial charge in [-0.15, -0.1) is 0 Å². The maximum absolute atomic E-state index is 13.9. The first-order valence-electron chi connectivity index (χ1n) is 8.95. The van der Waals surface area contributed by atoms with Gasteiger partial charge in [0.05, 0.1) is 12.2 Å². The Balaban J connectivity index is 1.46. The van der Waals surface area contributed by atoms with E-state index in [1.165, 1.54) is 4.90 Å². The third-order valence-corrected chi connectivity index (χ3v) is 5.23. The van der Waals surface area contributed by atoms with Gasteiger partial charge in [0.2, 0.25) is 0 Å². The average Bonchev–Trinajstić information content (AvgIpc) is 2.71. The molecule has 0 aliphatic carbocycles. The first-order valence-corrected chi connectivity index (χ1v) is 8.95. The number of fused-ring (bicyclic) bond motifs is 1. The molecule has 142 valence electrons. The van der Waals surface area contributed by atoms with Crippen molar-refractivity contribution >= 4 is 5.91 Å². The van der Waals surface area contributed by atoms with Gasteiger partial charge in [-0.05, 0) is 18.2 Å². The second kappa shape index (κ2) is 7.23. The van der Waals surface area contributed by atoms with Crippen LogP contribution in [-0.2, 0) is 0 Å². The molecule has 2 aliphatic rings. The SMILES string of the molecule is O=C(c1ccc(F)c(F)c1F)N1CCN(C2CCOc3ccccc32)CC1. The lowest BCUT2D eigenvalue weighted by molar-refractivity contribution is 0.0505. The lowest BCUT2D eigenvalue weighted by Gasteiger charge is -2.41. The molecule has 1 unspecified atom stereocenters. The Morgan fingerprint density at radius 3 is 2.48 bits per heavy atom. The van der Waals surface area contributed by atoms with Crippen LogP contribution in [0.25, 0.3) is 0 Å². The number of nitrogens with zero attached hydrogens (tertiary/aromatic N) is 2. The molecule has 2 aliphatic heterocycles. The third kappa shape index (κ3) is 3.27. The van der Waals surface area contributed by atoms with Crippen molar-refractivity contribution in [2.24, 2.45) is 0 Å². The van der Waals surface area contributed by atoms with E-state index in [-0.39, 0.29) is 6.04 Å². The van der Waals surface area contributed by atoms with Crippen LogP contribution in [0, 0.1) is 17.5 Å². The monoisotopic (exact) mass is 376 g/mol. The lowest BCUT2D eigenvalue weighted by atomic mass is 9.98. The van der Waals surface area contributed by atoms with Crippen LogP contribution in [0.2, 0.25) is 0 Å². The van der Waals surface area contributed by atoms with Crippen molar-refractivity contribution in [2.45, 2.75) is 12.5 Å². The van der Waals surface area contributed by atoms with E-state index in [1.807, 2.05) is 24.3 Å². The van der Waals surface area contributed by atoms with Gasteiger partial charge in [-0.1, -0.05) is 18.2 Å². The summed E-state index contributed by atoms with van der Waals surface area (Å²) in [4.78, 5) is 16.3. The molecule has 0 N–H and O–H groups in total. The third-order valence-electron chi connectivity index (χ3n) is 5.23. The number of halogens is 3. The van der Waals surface area contributed by atoms with Gasteiger partial charge in [0, 0.05) is 44.2 Å². The molecule has 2 aromatic rings. The molecule has 7 heteroatoms. The lowest BCUT2D eigenvalue weighted by Crippen LogP contribution is -2.50. The zero-order chi connectivity index (χ0) is 19.0. The summed E-state index contributed by atoms with van der Waals surface area (Å²) in [7, 11) is 0. The van der Waals surface area contributed by atoms with Crippen LogP contribution in [0.3, 0.4) is 0 Å². The Morgan fingerprint density at radius 1 is 0.963 bits per heavy atom. The molecule has 0 radical (unpaired) electrons. The molecule has 0 saturated carbocycles. The van der Waals surface area contributed by atoms with Crippen LogP contribution >= 0.6 is 0 Å². The summed E-state index contributed by atoms with van der Waals surface area (Å²) in [6.45, 7) is 2.68.